The lowest BCUT2D eigenvalue weighted by Gasteiger charge is -2.07. The zero-order valence-electron chi connectivity index (χ0n) is 11.0. The molecule has 0 spiro atoms. The van der Waals surface area contributed by atoms with Crippen LogP contribution < -0.4 is 9.47 Å². The molecule has 0 radical (unpaired) electrons. The van der Waals surface area contributed by atoms with Crippen LogP contribution in [0.5, 0.6) is 11.5 Å². The van der Waals surface area contributed by atoms with Crippen LogP contribution in [0.2, 0.25) is 0 Å². The lowest BCUT2D eigenvalue weighted by atomic mass is 10.1. The molecule has 4 nitrogen and oxygen atoms in total. The Morgan fingerprint density at radius 1 is 1.00 bits per heavy atom. The molecule has 3 heterocycles. The van der Waals surface area contributed by atoms with E-state index in [0.717, 1.165) is 39.4 Å². The molecule has 1 aliphatic rings. The summed E-state index contributed by atoms with van der Waals surface area (Å²) in [6.07, 6.45) is 1.77. The molecule has 0 bridgehead atoms. The summed E-state index contributed by atoms with van der Waals surface area (Å²) in [4.78, 5) is 9.04. The summed E-state index contributed by atoms with van der Waals surface area (Å²) >= 11 is 0. The van der Waals surface area contributed by atoms with E-state index in [2.05, 4.69) is 16.9 Å². The van der Waals surface area contributed by atoms with Crippen LogP contribution in [-0.2, 0) is 0 Å². The van der Waals surface area contributed by atoms with Crippen molar-refractivity contribution in [1.29, 1.82) is 0 Å². The number of ether oxygens (including phenoxy) is 2. The number of rotatable bonds is 1. The van der Waals surface area contributed by atoms with E-state index < -0.39 is 0 Å². The quantitative estimate of drug-likeness (QED) is 0.676. The molecule has 0 atom stereocenters. The molecule has 4 rings (SSSR count). The Kier molecular flexibility index (Phi) is 2.36. The molecule has 0 unspecified atom stereocenters. The summed E-state index contributed by atoms with van der Waals surface area (Å²) in [6.45, 7) is 2.34. The van der Waals surface area contributed by atoms with Gasteiger partial charge >= 0.3 is 0 Å². The zero-order valence-corrected chi connectivity index (χ0v) is 11.0. The molecule has 0 amide bonds. The molecule has 20 heavy (non-hydrogen) atoms. The van der Waals surface area contributed by atoms with E-state index in [-0.39, 0.29) is 6.79 Å². The predicted molar refractivity (Wildman–Crippen MR) is 75.8 cm³/mol. The van der Waals surface area contributed by atoms with Crippen LogP contribution in [0, 0.1) is 6.92 Å². The Labute approximate surface area is 116 Å². The Balaban J connectivity index is 1.96. The number of aromatic nitrogens is 2. The molecule has 1 aromatic carbocycles. The summed E-state index contributed by atoms with van der Waals surface area (Å²) in [5.74, 6) is 1.54. The Hall–Kier alpha value is -2.62. The third kappa shape index (κ3) is 1.69. The molecular weight excluding hydrogens is 252 g/mol. The van der Waals surface area contributed by atoms with E-state index in [9.17, 15) is 0 Å². The third-order valence-corrected chi connectivity index (χ3v) is 3.44. The highest BCUT2D eigenvalue weighted by Crippen LogP contribution is 2.37. The molecule has 3 aromatic rings. The number of hydrogen-bond acceptors (Lipinski definition) is 4. The average Bonchev–Trinajstić information content (AvgIpc) is 2.93. The minimum Gasteiger partial charge on any atom is -0.454 e. The summed E-state index contributed by atoms with van der Waals surface area (Å²) in [5.41, 5.74) is 3.79. The molecule has 0 fully saturated rings. The zero-order chi connectivity index (χ0) is 13.5. The van der Waals surface area contributed by atoms with Gasteiger partial charge in [0.05, 0.1) is 16.9 Å². The first kappa shape index (κ1) is 11.2. The van der Waals surface area contributed by atoms with Crippen molar-refractivity contribution < 1.29 is 9.47 Å². The van der Waals surface area contributed by atoms with Crippen molar-refractivity contribution in [2.75, 3.05) is 6.79 Å². The molecule has 0 saturated carbocycles. The monoisotopic (exact) mass is 264 g/mol. The van der Waals surface area contributed by atoms with Gasteiger partial charge in [-0.2, -0.15) is 0 Å². The minimum atomic E-state index is 0.276. The van der Waals surface area contributed by atoms with E-state index in [1.54, 1.807) is 6.20 Å². The highest BCUT2D eigenvalue weighted by atomic mass is 16.7. The first-order valence-electron chi connectivity index (χ1n) is 6.44. The maximum Gasteiger partial charge on any atom is 0.231 e. The third-order valence-electron chi connectivity index (χ3n) is 3.44. The summed E-state index contributed by atoms with van der Waals surface area (Å²) in [6, 6.07) is 11.8. The van der Waals surface area contributed by atoms with E-state index in [4.69, 9.17) is 9.47 Å². The molecule has 0 saturated heterocycles. The fourth-order valence-electron chi connectivity index (χ4n) is 2.43. The van der Waals surface area contributed by atoms with Crippen molar-refractivity contribution in [3.05, 3.63) is 48.2 Å². The SMILES string of the molecule is Cc1cc(-c2ccccn2)nc2cc3c(cc12)OCO3. The minimum absolute atomic E-state index is 0.276. The van der Waals surface area contributed by atoms with Gasteiger partial charge in [-0.05, 0) is 36.8 Å². The second kappa shape index (κ2) is 4.20. The molecule has 0 aliphatic carbocycles. The second-order valence-corrected chi connectivity index (χ2v) is 4.76. The molecule has 0 N–H and O–H groups in total. The van der Waals surface area contributed by atoms with Crippen molar-refractivity contribution in [1.82, 2.24) is 9.97 Å². The molecule has 2 aromatic heterocycles. The Morgan fingerprint density at radius 2 is 1.85 bits per heavy atom. The van der Waals surface area contributed by atoms with Crippen molar-refractivity contribution in [2.24, 2.45) is 0 Å². The van der Waals surface area contributed by atoms with Gasteiger partial charge < -0.3 is 9.47 Å². The van der Waals surface area contributed by atoms with Crippen LogP contribution >= 0.6 is 0 Å². The van der Waals surface area contributed by atoms with Crippen LogP contribution in [-0.4, -0.2) is 16.8 Å². The first-order valence-corrected chi connectivity index (χ1v) is 6.44. The van der Waals surface area contributed by atoms with Gasteiger partial charge in [0, 0.05) is 17.6 Å². The van der Waals surface area contributed by atoms with Crippen molar-refractivity contribution >= 4 is 10.9 Å². The normalized spacial score (nSPS) is 12.8. The fourth-order valence-corrected chi connectivity index (χ4v) is 2.43. The second-order valence-electron chi connectivity index (χ2n) is 4.76. The first-order chi connectivity index (χ1) is 9.81. The number of benzene rings is 1. The van der Waals surface area contributed by atoms with Gasteiger partial charge in [-0.1, -0.05) is 6.07 Å². The highest BCUT2D eigenvalue weighted by Gasteiger charge is 2.16. The molecule has 4 heteroatoms. The van der Waals surface area contributed by atoms with Gasteiger partial charge in [-0.15, -0.1) is 0 Å². The summed E-state index contributed by atoms with van der Waals surface area (Å²) in [7, 11) is 0. The van der Waals surface area contributed by atoms with Crippen molar-refractivity contribution in [3.63, 3.8) is 0 Å². The van der Waals surface area contributed by atoms with E-state index in [1.807, 2.05) is 36.4 Å². The molecular formula is C16H12N2O2. The number of fused-ring (bicyclic) bond motifs is 2. The van der Waals surface area contributed by atoms with Crippen molar-refractivity contribution in [2.45, 2.75) is 6.92 Å². The molecule has 98 valence electrons. The topological polar surface area (TPSA) is 44.2 Å². The number of aryl methyl sites for hydroxylation is 1. The highest BCUT2D eigenvalue weighted by molar-refractivity contribution is 5.87. The smallest absolute Gasteiger partial charge is 0.231 e. The fraction of sp³-hybridized carbons (Fsp3) is 0.125. The average molecular weight is 264 g/mol. The maximum absolute atomic E-state index is 5.41. The van der Waals surface area contributed by atoms with Crippen LogP contribution in [0.3, 0.4) is 0 Å². The molecule has 1 aliphatic heterocycles. The van der Waals surface area contributed by atoms with Gasteiger partial charge in [0.1, 0.15) is 0 Å². The maximum atomic E-state index is 5.41. The van der Waals surface area contributed by atoms with Crippen molar-refractivity contribution in [3.8, 4) is 22.9 Å². The standard InChI is InChI=1S/C16H12N2O2/c1-10-6-14(12-4-2-3-5-17-12)18-13-8-16-15(7-11(10)13)19-9-20-16/h2-8H,9H2,1H3. The van der Waals surface area contributed by atoms with Crippen LogP contribution in [0.1, 0.15) is 5.56 Å². The van der Waals surface area contributed by atoms with Crippen LogP contribution in [0.4, 0.5) is 0 Å². The summed E-state index contributed by atoms with van der Waals surface area (Å²) < 4.78 is 10.8. The lowest BCUT2D eigenvalue weighted by Crippen LogP contribution is -1.92. The summed E-state index contributed by atoms with van der Waals surface area (Å²) in [5, 5.41) is 1.08. The number of hydrogen-bond donors (Lipinski definition) is 0. The largest absolute Gasteiger partial charge is 0.454 e. The van der Waals surface area contributed by atoms with E-state index in [1.165, 1.54) is 0 Å². The predicted octanol–water partition coefficient (Wildman–Crippen LogP) is 3.33. The Bertz CT molecular complexity index is 800. The Morgan fingerprint density at radius 3 is 2.65 bits per heavy atom. The van der Waals surface area contributed by atoms with Gasteiger partial charge in [0.15, 0.2) is 11.5 Å². The van der Waals surface area contributed by atoms with Gasteiger partial charge in [0.25, 0.3) is 0 Å². The van der Waals surface area contributed by atoms with E-state index in [0.29, 0.717) is 0 Å². The van der Waals surface area contributed by atoms with Gasteiger partial charge in [-0.25, -0.2) is 4.98 Å². The van der Waals surface area contributed by atoms with Gasteiger partial charge in [0.2, 0.25) is 6.79 Å². The van der Waals surface area contributed by atoms with Crippen LogP contribution in [0.25, 0.3) is 22.3 Å². The number of pyridine rings is 2. The number of nitrogens with zero attached hydrogens (tertiary/aromatic N) is 2. The lowest BCUT2D eigenvalue weighted by molar-refractivity contribution is 0.174. The van der Waals surface area contributed by atoms with E-state index >= 15 is 0 Å². The van der Waals surface area contributed by atoms with Crippen LogP contribution in [0.15, 0.2) is 42.6 Å². The van der Waals surface area contributed by atoms with Gasteiger partial charge in [-0.3, -0.25) is 4.98 Å².